The van der Waals surface area contributed by atoms with Crippen LogP contribution in [0.15, 0.2) is 66.7 Å². The summed E-state index contributed by atoms with van der Waals surface area (Å²) in [4.78, 5) is 24.0. The Labute approximate surface area is 203 Å². The molecule has 7 heteroatoms. The maximum absolute atomic E-state index is 12.9. The van der Waals surface area contributed by atoms with Gasteiger partial charge < -0.3 is 19.9 Å². The minimum atomic E-state index is -1.03. The van der Waals surface area contributed by atoms with Crippen LogP contribution in [0.2, 0.25) is 5.02 Å². The van der Waals surface area contributed by atoms with E-state index in [2.05, 4.69) is 5.32 Å². The summed E-state index contributed by atoms with van der Waals surface area (Å²) in [5.74, 6) is -0.548. The van der Waals surface area contributed by atoms with Crippen molar-refractivity contribution >= 4 is 29.2 Å². The molecule has 0 heterocycles. The van der Waals surface area contributed by atoms with E-state index in [1.165, 1.54) is 18.6 Å². The summed E-state index contributed by atoms with van der Waals surface area (Å²) in [5, 5.41) is 12.1. The number of carbonyl (C=O) groups excluding carboxylic acids is 1. The molecular formula is C27H26ClNO5. The molecule has 4 rings (SSSR count). The first-order valence-electron chi connectivity index (χ1n) is 11.3. The van der Waals surface area contributed by atoms with E-state index >= 15 is 0 Å². The third-order valence-electron chi connectivity index (χ3n) is 5.73. The molecule has 0 aliphatic heterocycles. The molecule has 176 valence electrons. The van der Waals surface area contributed by atoms with E-state index in [0.717, 1.165) is 31.2 Å². The van der Waals surface area contributed by atoms with E-state index in [0.29, 0.717) is 29.4 Å². The molecule has 0 atom stereocenters. The highest BCUT2D eigenvalue weighted by Gasteiger charge is 2.21. The quantitative estimate of drug-likeness (QED) is 0.381. The number of ether oxygens (including phenoxy) is 2. The van der Waals surface area contributed by atoms with Crippen LogP contribution < -0.4 is 14.8 Å². The molecule has 1 saturated carbocycles. The number of carboxylic acids is 1. The van der Waals surface area contributed by atoms with Gasteiger partial charge in [0.1, 0.15) is 6.61 Å². The Balaban J connectivity index is 1.56. The molecular weight excluding hydrogens is 454 g/mol. The lowest BCUT2D eigenvalue weighted by molar-refractivity contribution is 0.0696. The van der Waals surface area contributed by atoms with Crippen molar-refractivity contribution < 1.29 is 24.2 Å². The highest BCUT2D eigenvalue weighted by atomic mass is 35.5. The fraction of sp³-hybridized carbons (Fsp3) is 0.259. The number of halogens is 1. The Bertz CT molecular complexity index is 1140. The SMILES string of the molecule is O=C(O)c1ccc(NC(=O)c2cc(Cl)c(OCc3ccccc3)c(OC3CCCCC3)c2)cc1. The van der Waals surface area contributed by atoms with Gasteiger partial charge in [0.25, 0.3) is 5.91 Å². The van der Waals surface area contributed by atoms with Gasteiger partial charge in [-0.3, -0.25) is 4.79 Å². The second-order valence-corrected chi connectivity index (χ2v) is 8.68. The lowest BCUT2D eigenvalue weighted by Crippen LogP contribution is -2.20. The predicted octanol–water partition coefficient (Wildman–Crippen LogP) is 6.58. The number of anilines is 1. The molecule has 0 unspecified atom stereocenters. The van der Waals surface area contributed by atoms with E-state index < -0.39 is 5.97 Å². The Morgan fingerprint density at radius 3 is 2.32 bits per heavy atom. The minimum Gasteiger partial charge on any atom is -0.486 e. The molecule has 6 nitrogen and oxygen atoms in total. The van der Waals surface area contributed by atoms with Gasteiger partial charge in [-0.15, -0.1) is 0 Å². The van der Waals surface area contributed by atoms with Crippen LogP contribution in [0.3, 0.4) is 0 Å². The standard InChI is InChI=1S/C27H26ClNO5/c28-23-15-20(26(30)29-21-13-11-19(12-14-21)27(31)32)16-24(34-22-9-5-2-6-10-22)25(23)33-17-18-7-3-1-4-8-18/h1,3-4,7-8,11-16,22H,2,5-6,9-10,17H2,(H,29,30)(H,31,32). The van der Waals surface area contributed by atoms with Gasteiger partial charge in [0.2, 0.25) is 0 Å². The fourth-order valence-electron chi connectivity index (χ4n) is 3.92. The van der Waals surface area contributed by atoms with E-state index in [-0.39, 0.29) is 22.6 Å². The third kappa shape index (κ3) is 6.08. The van der Waals surface area contributed by atoms with Gasteiger partial charge in [0.05, 0.1) is 16.7 Å². The minimum absolute atomic E-state index is 0.0470. The van der Waals surface area contributed by atoms with Crippen molar-refractivity contribution in [2.45, 2.75) is 44.8 Å². The Hall–Kier alpha value is -3.51. The molecule has 1 amide bonds. The highest BCUT2D eigenvalue weighted by molar-refractivity contribution is 6.32. The molecule has 0 aromatic heterocycles. The monoisotopic (exact) mass is 479 g/mol. The molecule has 3 aromatic carbocycles. The predicted molar refractivity (Wildman–Crippen MR) is 131 cm³/mol. The maximum atomic E-state index is 12.9. The fourth-order valence-corrected chi connectivity index (χ4v) is 4.18. The summed E-state index contributed by atoms with van der Waals surface area (Å²) in [6.45, 7) is 0.322. The molecule has 2 N–H and O–H groups in total. The summed E-state index contributed by atoms with van der Waals surface area (Å²) < 4.78 is 12.3. The number of nitrogens with one attached hydrogen (secondary N) is 1. The highest BCUT2D eigenvalue weighted by Crippen LogP contribution is 2.39. The van der Waals surface area contributed by atoms with Gasteiger partial charge in [-0.25, -0.2) is 4.79 Å². The summed E-state index contributed by atoms with van der Waals surface area (Å²) in [7, 11) is 0. The first-order chi connectivity index (χ1) is 16.5. The first kappa shape index (κ1) is 23.6. The number of rotatable bonds is 8. The van der Waals surface area contributed by atoms with Gasteiger partial charge >= 0.3 is 5.97 Å². The van der Waals surface area contributed by atoms with Gasteiger partial charge in [0.15, 0.2) is 11.5 Å². The molecule has 3 aromatic rings. The number of hydrogen-bond acceptors (Lipinski definition) is 4. The average Bonchev–Trinajstić information content (AvgIpc) is 2.85. The molecule has 0 bridgehead atoms. The second kappa shape index (κ2) is 11.1. The van der Waals surface area contributed by atoms with Crippen LogP contribution in [0.25, 0.3) is 0 Å². The zero-order chi connectivity index (χ0) is 23.9. The molecule has 0 radical (unpaired) electrons. The number of carbonyl (C=O) groups is 2. The summed E-state index contributed by atoms with van der Waals surface area (Å²) >= 11 is 6.57. The smallest absolute Gasteiger partial charge is 0.335 e. The molecule has 34 heavy (non-hydrogen) atoms. The first-order valence-corrected chi connectivity index (χ1v) is 11.7. The summed E-state index contributed by atoms with van der Waals surface area (Å²) in [5.41, 5.74) is 1.94. The normalized spacial score (nSPS) is 13.8. The van der Waals surface area contributed by atoms with Crippen molar-refractivity contribution in [2.75, 3.05) is 5.32 Å². The van der Waals surface area contributed by atoms with E-state index in [1.54, 1.807) is 24.3 Å². The van der Waals surface area contributed by atoms with Crippen LogP contribution in [0.1, 0.15) is 58.4 Å². The van der Waals surface area contributed by atoms with Crippen LogP contribution in [0.5, 0.6) is 11.5 Å². The van der Waals surface area contributed by atoms with Crippen molar-refractivity contribution in [3.63, 3.8) is 0 Å². The molecule has 1 aliphatic rings. The van der Waals surface area contributed by atoms with Crippen molar-refractivity contribution in [3.8, 4) is 11.5 Å². The van der Waals surface area contributed by atoms with Crippen molar-refractivity contribution in [3.05, 3.63) is 88.4 Å². The molecule has 1 fully saturated rings. The second-order valence-electron chi connectivity index (χ2n) is 8.27. The number of benzene rings is 3. The van der Waals surface area contributed by atoms with Gasteiger partial charge in [-0.1, -0.05) is 48.4 Å². The van der Waals surface area contributed by atoms with Gasteiger partial charge in [0, 0.05) is 11.3 Å². The number of aromatic carboxylic acids is 1. The Kier molecular flexibility index (Phi) is 7.70. The lowest BCUT2D eigenvalue weighted by Gasteiger charge is -2.25. The van der Waals surface area contributed by atoms with Crippen molar-refractivity contribution in [1.29, 1.82) is 0 Å². The van der Waals surface area contributed by atoms with Crippen molar-refractivity contribution in [2.24, 2.45) is 0 Å². The van der Waals surface area contributed by atoms with E-state index in [1.807, 2.05) is 30.3 Å². The number of amides is 1. The Morgan fingerprint density at radius 2 is 1.65 bits per heavy atom. The van der Waals surface area contributed by atoms with Gasteiger partial charge in [-0.05, 0) is 67.6 Å². The number of carboxylic acid groups (broad SMARTS) is 1. The Morgan fingerprint density at radius 1 is 0.941 bits per heavy atom. The van der Waals surface area contributed by atoms with Crippen LogP contribution in [-0.4, -0.2) is 23.1 Å². The van der Waals surface area contributed by atoms with Crippen LogP contribution >= 0.6 is 11.6 Å². The van der Waals surface area contributed by atoms with Crippen LogP contribution in [0, 0.1) is 0 Å². The largest absolute Gasteiger partial charge is 0.486 e. The van der Waals surface area contributed by atoms with Gasteiger partial charge in [-0.2, -0.15) is 0 Å². The van der Waals surface area contributed by atoms with Crippen molar-refractivity contribution in [1.82, 2.24) is 0 Å². The topological polar surface area (TPSA) is 84.9 Å². The summed E-state index contributed by atoms with van der Waals surface area (Å²) in [6.07, 6.45) is 5.34. The third-order valence-corrected chi connectivity index (χ3v) is 6.01. The van der Waals surface area contributed by atoms with Crippen LogP contribution in [0.4, 0.5) is 5.69 Å². The average molecular weight is 480 g/mol. The molecule has 1 aliphatic carbocycles. The lowest BCUT2D eigenvalue weighted by atomic mass is 9.98. The summed E-state index contributed by atoms with van der Waals surface area (Å²) in [6, 6.07) is 18.9. The molecule has 0 spiro atoms. The maximum Gasteiger partial charge on any atom is 0.335 e. The van der Waals surface area contributed by atoms with E-state index in [4.69, 9.17) is 26.2 Å². The number of hydrogen-bond donors (Lipinski definition) is 2. The van der Waals surface area contributed by atoms with Crippen LogP contribution in [-0.2, 0) is 6.61 Å². The zero-order valence-corrected chi connectivity index (χ0v) is 19.4. The molecule has 0 saturated heterocycles. The zero-order valence-electron chi connectivity index (χ0n) is 18.6. The van der Waals surface area contributed by atoms with E-state index in [9.17, 15) is 9.59 Å².